The SMILES string of the molecule is CCCCC/C=C/C/C=C/CCCCCCCCCCCC(=O)O[C@@H](COC(=O)CCCCC/C=C/CCCCCCCC)COP(=O)(O)OC[C@H](N)C(=O)O. The van der Waals surface area contributed by atoms with E-state index in [0.717, 1.165) is 57.8 Å². The zero-order chi connectivity index (χ0) is 41.4. The lowest BCUT2D eigenvalue weighted by Gasteiger charge is -2.20. The maximum absolute atomic E-state index is 12.6. The fourth-order valence-corrected chi connectivity index (χ4v) is 6.63. The molecular formula is C44H80NO10P. The molecule has 3 atom stereocenters. The van der Waals surface area contributed by atoms with E-state index in [9.17, 15) is 23.8 Å². The van der Waals surface area contributed by atoms with E-state index in [1.165, 1.54) is 96.3 Å². The third-order valence-electron chi connectivity index (χ3n) is 9.36. The number of rotatable bonds is 41. The minimum atomic E-state index is -4.72. The zero-order valence-electron chi connectivity index (χ0n) is 35.2. The van der Waals surface area contributed by atoms with Gasteiger partial charge in [0.05, 0.1) is 13.2 Å². The van der Waals surface area contributed by atoms with Crippen LogP contribution >= 0.6 is 7.82 Å². The molecule has 12 heteroatoms. The highest BCUT2D eigenvalue weighted by Crippen LogP contribution is 2.43. The second-order valence-electron chi connectivity index (χ2n) is 14.8. The summed E-state index contributed by atoms with van der Waals surface area (Å²) in [6, 6.07) is -1.52. The third-order valence-corrected chi connectivity index (χ3v) is 10.3. The van der Waals surface area contributed by atoms with Gasteiger partial charge in [0.1, 0.15) is 12.6 Å². The number of carbonyl (C=O) groups excluding carboxylic acids is 2. The Morgan fingerprint density at radius 2 is 0.946 bits per heavy atom. The molecule has 0 aliphatic rings. The van der Waals surface area contributed by atoms with Gasteiger partial charge in [-0.15, -0.1) is 0 Å². The molecule has 0 aliphatic carbocycles. The molecule has 326 valence electrons. The summed E-state index contributed by atoms with van der Waals surface area (Å²) < 4.78 is 32.7. The van der Waals surface area contributed by atoms with Crippen LogP contribution in [0.3, 0.4) is 0 Å². The van der Waals surface area contributed by atoms with E-state index in [-0.39, 0.29) is 19.4 Å². The first kappa shape index (κ1) is 53.7. The monoisotopic (exact) mass is 814 g/mol. The summed E-state index contributed by atoms with van der Waals surface area (Å²) in [6.07, 6.45) is 42.1. The molecule has 0 saturated carbocycles. The molecule has 1 unspecified atom stereocenters. The maximum Gasteiger partial charge on any atom is 0.472 e. The van der Waals surface area contributed by atoms with Crippen molar-refractivity contribution >= 4 is 25.7 Å². The Bertz CT molecular complexity index is 1100. The van der Waals surface area contributed by atoms with Crippen molar-refractivity contribution in [3.63, 3.8) is 0 Å². The highest BCUT2D eigenvalue weighted by Gasteiger charge is 2.28. The lowest BCUT2D eigenvalue weighted by Crippen LogP contribution is -2.34. The van der Waals surface area contributed by atoms with E-state index < -0.39 is 51.1 Å². The Morgan fingerprint density at radius 3 is 1.46 bits per heavy atom. The topological polar surface area (TPSA) is 172 Å². The molecule has 0 rings (SSSR count). The molecule has 56 heavy (non-hydrogen) atoms. The number of phosphoric acid groups is 1. The summed E-state index contributed by atoms with van der Waals surface area (Å²) in [7, 11) is -4.72. The van der Waals surface area contributed by atoms with Gasteiger partial charge in [-0.1, -0.05) is 147 Å². The minimum absolute atomic E-state index is 0.154. The van der Waals surface area contributed by atoms with Crippen molar-refractivity contribution in [1.82, 2.24) is 0 Å². The van der Waals surface area contributed by atoms with Crippen LogP contribution in [0, 0.1) is 0 Å². The van der Waals surface area contributed by atoms with Crippen LogP contribution in [-0.4, -0.2) is 59.9 Å². The Hall–Kier alpha value is -2.30. The van der Waals surface area contributed by atoms with Crippen molar-refractivity contribution in [3.05, 3.63) is 36.5 Å². The summed E-state index contributed by atoms with van der Waals surface area (Å²) in [6.45, 7) is 2.75. The van der Waals surface area contributed by atoms with E-state index in [4.69, 9.17) is 24.8 Å². The molecule has 0 bridgehead atoms. The van der Waals surface area contributed by atoms with Crippen LogP contribution < -0.4 is 5.73 Å². The first-order chi connectivity index (χ1) is 27.1. The molecule has 0 aromatic carbocycles. The van der Waals surface area contributed by atoms with E-state index in [1.54, 1.807) is 0 Å². The minimum Gasteiger partial charge on any atom is -0.480 e. The Balaban J connectivity index is 4.36. The highest BCUT2D eigenvalue weighted by atomic mass is 31.2. The van der Waals surface area contributed by atoms with Crippen LogP contribution in [0.2, 0.25) is 0 Å². The van der Waals surface area contributed by atoms with Crippen molar-refractivity contribution < 1.29 is 47.5 Å². The van der Waals surface area contributed by atoms with Crippen molar-refractivity contribution in [2.24, 2.45) is 5.73 Å². The predicted molar refractivity (Wildman–Crippen MR) is 226 cm³/mol. The third kappa shape index (κ3) is 38.6. The molecule has 0 fully saturated rings. The second kappa shape index (κ2) is 39.5. The Kier molecular flexibility index (Phi) is 37.9. The molecule has 0 amide bonds. The van der Waals surface area contributed by atoms with Crippen molar-refractivity contribution in [2.45, 2.75) is 206 Å². The summed E-state index contributed by atoms with van der Waals surface area (Å²) >= 11 is 0. The van der Waals surface area contributed by atoms with Crippen LogP contribution in [0.4, 0.5) is 0 Å². The van der Waals surface area contributed by atoms with E-state index >= 15 is 0 Å². The molecule has 11 nitrogen and oxygen atoms in total. The molecule has 0 spiro atoms. The van der Waals surface area contributed by atoms with Gasteiger partial charge in [-0.25, -0.2) is 4.57 Å². The van der Waals surface area contributed by atoms with Gasteiger partial charge in [-0.05, 0) is 70.6 Å². The number of unbranched alkanes of at least 4 members (excludes halogenated alkanes) is 21. The number of allylic oxidation sites excluding steroid dienone is 6. The van der Waals surface area contributed by atoms with Crippen molar-refractivity contribution in [3.8, 4) is 0 Å². The average Bonchev–Trinajstić information content (AvgIpc) is 3.17. The molecule has 4 N–H and O–H groups in total. The zero-order valence-corrected chi connectivity index (χ0v) is 36.1. The number of carboxylic acid groups (broad SMARTS) is 1. The van der Waals surface area contributed by atoms with Gasteiger partial charge >= 0.3 is 25.7 Å². The number of esters is 2. The van der Waals surface area contributed by atoms with E-state index in [1.807, 2.05) is 0 Å². The quantitative estimate of drug-likeness (QED) is 0.0232. The van der Waals surface area contributed by atoms with Gasteiger partial charge < -0.3 is 25.2 Å². The van der Waals surface area contributed by atoms with Gasteiger partial charge in [0, 0.05) is 12.8 Å². The first-order valence-corrected chi connectivity index (χ1v) is 23.5. The molecule has 0 heterocycles. The summed E-state index contributed by atoms with van der Waals surface area (Å²) in [5.41, 5.74) is 5.33. The molecule has 0 aliphatic heterocycles. The normalized spacial score (nSPS) is 14.1. The van der Waals surface area contributed by atoms with E-state index in [2.05, 4.69) is 54.8 Å². The standard InChI is InChI=1S/C44H80NO10P/c1-3-5-7-9-11-13-15-17-18-19-20-21-22-24-26-28-30-32-34-36-43(47)55-40(38-53-56(50,51)54-39-41(45)44(48)49)37-52-42(46)35-33-31-29-27-25-23-16-14-12-10-8-6-4-2/h11,13,17-18,23,25,40-41H,3-10,12,14-16,19-22,24,26-39,45H2,1-2H3,(H,48,49)(H,50,51)/b13-11+,18-17+,25-23+/t40-,41-/m0/s1. The number of carbonyl (C=O) groups is 3. The Morgan fingerprint density at radius 1 is 0.554 bits per heavy atom. The van der Waals surface area contributed by atoms with Gasteiger partial charge in [0.15, 0.2) is 6.10 Å². The van der Waals surface area contributed by atoms with E-state index in [0.29, 0.717) is 12.8 Å². The lowest BCUT2D eigenvalue weighted by molar-refractivity contribution is -0.161. The average molecular weight is 814 g/mol. The summed E-state index contributed by atoms with van der Waals surface area (Å²) in [4.78, 5) is 45.9. The molecule has 0 radical (unpaired) electrons. The van der Waals surface area contributed by atoms with Gasteiger partial charge in [-0.3, -0.25) is 23.4 Å². The first-order valence-electron chi connectivity index (χ1n) is 22.0. The number of carboxylic acids is 1. The molecular weight excluding hydrogens is 733 g/mol. The van der Waals surface area contributed by atoms with Crippen LogP contribution in [0.5, 0.6) is 0 Å². The number of hydrogen-bond acceptors (Lipinski definition) is 9. The van der Waals surface area contributed by atoms with Gasteiger partial charge in [0.25, 0.3) is 0 Å². The summed E-state index contributed by atoms with van der Waals surface area (Å²) in [5, 5.41) is 8.88. The second-order valence-corrected chi connectivity index (χ2v) is 16.3. The smallest absolute Gasteiger partial charge is 0.472 e. The van der Waals surface area contributed by atoms with Gasteiger partial charge in [-0.2, -0.15) is 0 Å². The predicted octanol–water partition coefficient (Wildman–Crippen LogP) is 11.6. The molecule has 0 aromatic rings. The van der Waals surface area contributed by atoms with Crippen LogP contribution in [-0.2, 0) is 37.5 Å². The highest BCUT2D eigenvalue weighted by molar-refractivity contribution is 7.47. The number of hydrogen-bond donors (Lipinski definition) is 3. The van der Waals surface area contributed by atoms with Crippen LogP contribution in [0.15, 0.2) is 36.5 Å². The largest absolute Gasteiger partial charge is 0.480 e. The lowest BCUT2D eigenvalue weighted by atomic mass is 10.1. The number of aliphatic carboxylic acids is 1. The molecule has 0 saturated heterocycles. The maximum atomic E-state index is 12.6. The number of phosphoric ester groups is 1. The fraction of sp³-hybridized carbons (Fsp3) is 0.795. The van der Waals surface area contributed by atoms with Crippen molar-refractivity contribution in [1.29, 1.82) is 0 Å². The Labute approximate surface area is 340 Å². The number of ether oxygens (including phenoxy) is 2. The van der Waals surface area contributed by atoms with Crippen LogP contribution in [0.1, 0.15) is 194 Å². The van der Waals surface area contributed by atoms with Crippen molar-refractivity contribution in [2.75, 3.05) is 19.8 Å². The molecule has 0 aromatic heterocycles. The fourth-order valence-electron chi connectivity index (χ4n) is 5.85. The van der Waals surface area contributed by atoms with Gasteiger partial charge in [0.2, 0.25) is 0 Å². The van der Waals surface area contributed by atoms with Crippen LogP contribution in [0.25, 0.3) is 0 Å². The summed E-state index contributed by atoms with van der Waals surface area (Å²) in [5.74, 6) is -2.40. The number of nitrogens with two attached hydrogens (primary N) is 1.